The van der Waals surface area contributed by atoms with E-state index < -0.39 is 10.0 Å². The largest absolute Gasteiger partial charge is 0.336 e. The standard InChI is InChI=1S/C18H21N3O4S/c1-13-3-5-16(14(2)11-13)26(24,25)21-9-7-20(8-10-21)18(23)15-4-6-17(22)19-12-15/h3-6,11-12H,7-10H2,1-2H3,(H,19,22). The van der Waals surface area contributed by atoms with Crippen molar-refractivity contribution in [3.8, 4) is 0 Å². The third-order valence-corrected chi connectivity index (χ3v) is 6.56. The van der Waals surface area contributed by atoms with Crippen molar-refractivity contribution in [2.45, 2.75) is 18.7 Å². The number of rotatable bonds is 3. The van der Waals surface area contributed by atoms with Crippen molar-refractivity contribution in [1.82, 2.24) is 14.2 Å². The van der Waals surface area contributed by atoms with Gasteiger partial charge in [0.1, 0.15) is 0 Å². The number of pyridine rings is 1. The molecule has 8 heteroatoms. The molecule has 2 aromatic rings. The van der Waals surface area contributed by atoms with E-state index in [9.17, 15) is 18.0 Å². The summed E-state index contributed by atoms with van der Waals surface area (Å²) in [6.45, 7) is 4.81. The molecule has 1 aliphatic rings. The molecular weight excluding hydrogens is 354 g/mol. The molecule has 1 N–H and O–H groups in total. The monoisotopic (exact) mass is 375 g/mol. The molecule has 0 aliphatic carbocycles. The first-order valence-electron chi connectivity index (χ1n) is 8.34. The van der Waals surface area contributed by atoms with Gasteiger partial charge in [0.05, 0.1) is 10.5 Å². The summed E-state index contributed by atoms with van der Waals surface area (Å²) in [5, 5.41) is 0. The van der Waals surface area contributed by atoms with E-state index in [4.69, 9.17) is 0 Å². The molecule has 26 heavy (non-hydrogen) atoms. The Morgan fingerprint density at radius 2 is 1.73 bits per heavy atom. The van der Waals surface area contributed by atoms with Gasteiger partial charge in [0.15, 0.2) is 0 Å². The Labute approximate surface area is 152 Å². The maximum atomic E-state index is 12.9. The zero-order valence-electron chi connectivity index (χ0n) is 14.7. The fourth-order valence-corrected chi connectivity index (χ4v) is 4.71. The minimum absolute atomic E-state index is 0.218. The first-order chi connectivity index (χ1) is 12.3. The van der Waals surface area contributed by atoms with Crippen molar-refractivity contribution in [1.29, 1.82) is 0 Å². The number of amides is 1. The molecule has 0 spiro atoms. The van der Waals surface area contributed by atoms with Crippen LogP contribution in [0.15, 0.2) is 46.2 Å². The predicted molar refractivity (Wildman–Crippen MR) is 97.6 cm³/mol. The Kier molecular flexibility index (Phi) is 4.97. The van der Waals surface area contributed by atoms with Crippen molar-refractivity contribution in [3.05, 3.63) is 63.6 Å². The average Bonchev–Trinajstić information content (AvgIpc) is 2.61. The maximum absolute atomic E-state index is 12.9. The number of H-pyrrole nitrogens is 1. The fourth-order valence-electron chi connectivity index (χ4n) is 3.09. The lowest BCUT2D eigenvalue weighted by atomic mass is 10.2. The molecule has 0 saturated carbocycles. The van der Waals surface area contributed by atoms with Crippen molar-refractivity contribution in [2.75, 3.05) is 26.2 Å². The van der Waals surface area contributed by atoms with Gasteiger partial charge >= 0.3 is 0 Å². The van der Waals surface area contributed by atoms with Gasteiger partial charge in [-0.25, -0.2) is 8.42 Å². The van der Waals surface area contributed by atoms with Gasteiger partial charge in [-0.2, -0.15) is 4.31 Å². The molecule has 1 amide bonds. The van der Waals surface area contributed by atoms with E-state index in [-0.39, 0.29) is 24.6 Å². The topological polar surface area (TPSA) is 90.6 Å². The van der Waals surface area contributed by atoms with Crippen molar-refractivity contribution in [3.63, 3.8) is 0 Å². The lowest BCUT2D eigenvalue weighted by Gasteiger charge is -2.34. The van der Waals surface area contributed by atoms with E-state index in [0.29, 0.717) is 23.5 Å². The highest BCUT2D eigenvalue weighted by Crippen LogP contribution is 2.22. The lowest BCUT2D eigenvalue weighted by Crippen LogP contribution is -2.50. The second-order valence-electron chi connectivity index (χ2n) is 6.41. The van der Waals surface area contributed by atoms with Crippen LogP contribution in [0.2, 0.25) is 0 Å². The number of aromatic nitrogens is 1. The second kappa shape index (κ2) is 7.05. The molecule has 7 nitrogen and oxygen atoms in total. The number of nitrogens with one attached hydrogen (secondary N) is 1. The summed E-state index contributed by atoms with van der Waals surface area (Å²) in [5.41, 5.74) is 1.84. The molecule has 138 valence electrons. The van der Waals surface area contributed by atoms with Gasteiger partial charge in [-0.05, 0) is 31.5 Å². The number of carbonyl (C=O) groups is 1. The normalized spacial score (nSPS) is 15.8. The molecule has 1 aliphatic heterocycles. The summed E-state index contributed by atoms with van der Waals surface area (Å²) in [6, 6.07) is 8.05. The van der Waals surface area contributed by atoms with E-state index >= 15 is 0 Å². The zero-order chi connectivity index (χ0) is 18.9. The molecule has 0 bridgehead atoms. The van der Waals surface area contributed by atoms with Crippen LogP contribution in [0.1, 0.15) is 21.5 Å². The quantitative estimate of drug-likeness (QED) is 0.871. The Hall–Kier alpha value is -2.45. The molecule has 2 heterocycles. The van der Waals surface area contributed by atoms with Crippen LogP contribution in [0.3, 0.4) is 0 Å². The lowest BCUT2D eigenvalue weighted by molar-refractivity contribution is 0.0697. The van der Waals surface area contributed by atoms with Gasteiger partial charge in [-0.1, -0.05) is 17.7 Å². The van der Waals surface area contributed by atoms with E-state index in [2.05, 4.69) is 4.98 Å². The highest BCUT2D eigenvalue weighted by Gasteiger charge is 2.31. The Bertz CT molecular complexity index is 969. The van der Waals surface area contributed by atoms with Gasteiger partial charge in [0.25, 0.3) is 5.91 Å². The highest BCUT2D eigenvalue weighted by molar-refractivity contribution is 7.89. The summed E-state index contributed by atoms with van der Waals surface area (Å²) < 4.78 is 27.2. The van der Waals surface area contributed by atoms with Crippen LogP contribution < -0.4 is 5.56 Å². The molecule has 0 unspecified atom stereocenters. The van der Waals surface area contributed by atoms with Crippen LogP contribution in [0.4, 0.5) is 0 Å². The first kappa shape index (κ1) is 18.3. The number of hydrogen-bond donors (Lipinski definition) is 1. The van der Waals surface area contributed by atoms with Crippen molar-refractivity contribution < 1.29 is 13.2 Å². The minimum Gasteiger partial charge on any atom is -0.336 e. The number of aromatic amines is 1. The molecule has 0 radical (unpaired) electrons. The van der Waals surface area contributed by atoms with E-state index in [0.717, 1.165) is 11.1 Å². The summed E-state index contributed by atoms with van der Waals surface area (Å²) in [6.07, 6.45) is 1.38. The summed E-state index contributed by atoms with van der Waals surface area (Å²) >= 11 is 0. The van der Waals surface area contributed by atoms with Crippen LogP contribution in [0.5, 0.6) is 0 Å². The number of aryl methyl sites for hydroxylation is 2. The van der Waals surface area contributed by atoms with Gasteiger partial charge in [-0.15, -0.1) is 0 Å². The summed E-state index contributed by atoms with van der Waals surface area (Å²) in [7, 11) is -3.58. The van der Waals surface area contributed by atoms with E-state index in [1.807, 2.05) is 13.0 Å². The molecule has 1 aromatic carbocycles. The molecule has 3 rings (SSSR count). The van der Waals surface area contributed by atoms with Crippen LogP contribution in [0.25, 0.3) is 0 Å². The Morgan fingerprint density at radius 1 is 1.04 bits per heavy atom. The minimum atomic E-state index is -3.58. The summed E-state index contributed by atoms with van der Waals surface area (Å²) in [4.78, 5) is 28.0. The predicted octanol–water partition coefficient (Wildman–Crippen LogP) is 1.14. The third-order valence-electron chi connectivity index (χ3n) is 4.51. The van der Waals surface area contributed by atoms with E-state index in [1.165, 1.54) is 22.6 Å². The van der Waals surface area contributed by atoms with Crippen LogP contribution >= 0.6 is 0 Å². The van der Waals surface area contributed by atoms with Crippen LogP contribution in [-0.4, -0.2) is 54.7 Å². The van der Waals surface area contributed by atoms with Gasteiger partial charge in [0.2, 0.25) is 15.6 Å². The highest BCUT2D eigenvalue weighted by atomic mass is 32.2. The van der Waals surface area contributed by atoms with Crippen molar-refractivity contribution >= 4 is 15.9 Å². The Balaban J connectivity index is 1.72. The first-order valence-corrected chi connectivity index (χ1v) is 9.78. The van der Waals surface area contributed by atoms with Crippen LogP contribution in [0, 0.1) is 13.8 Å². The van der Waals surface area contributed by atoms with Gasteiger partial charge in [0, 0.05) is 38.4 Å². The number of sulfonamides is 1. The number of carbonyl (C=O) groups excluding carboxylic acids is 1. The number of nitrogens with zero attached hydrogens (tertiary/aromatic N) is 2. The number of hydrogen-bond acceptors (Lipinski definition) is 4. The fraction of sp³-hybridized carbons (Fsp3) is 0.333. The smallest absolute Gasteiger partial charge is 0.255 e. The van der Waals surface area contributed by atoms with Gasteiger partial charge in [-0.3, -0.25) is 9.59 Å². The molecule has 1 saturated heterocycles. The Morgan fingerprint density at radius 3 is 2.31 bits per heavy atom. The molecule has 0 atom stereocenters. The average molecular weight is 375 g/mol. The van der Waals surface area contributed by atoms with Crippen molar-refractivity contribution in [2.24, 2.45) is 0 Å². The zero-order valence-corrected chi connectivity index (χ0v) is 15.5. The molecule has 1 aromatic heterocycles. The SMILES string of the molecule is Cc1ccc(S(=O)(=O)N2CCN(C(=O)c3ccc(=O)[nH]c3)CC2)c(C)c1. The second-order valence-corrected chi connectivity index (χ2v) is 8.31. The number of benzene rings is 1. The molecular formula is C18H21N3O4S. The number of piperazine rings is 1. The summed E-state index contributed by atoms with van der Waals surface area (Å²) in [5.74, 6) is -0.218. The van der Waals surface area contributed by atoms with E-state index in [1.54, 1.807) is 24.0 Å². The third kappa shape index (κ3) is 3.56. The van der Waals surface area contributed by atoms with Crippen LogP contribution in [-0.2, 0) is 10.0 Å². The van der Waals surface area contributed by atoms with Gasteiger partial charge < -0.3 is 9.88 Å². The molecule has 1 fully saturated rings. The maximum Gasteiger partial charge on any atom is 0.255 e.